The van der Waals surface area contributed by atoms with E-state index in [9.17, 15) is 22.0 Å². The van der Waals surface area contributed by atoms with Crippen molar-refractivity contribution in [2.45, 2.75) is 31.0 Å². The summed E-state index contributed by atoms with van der Waals surface area (Å²) in [5.41, 5.74) is 0.557. The topological polar surface area (TPSA) is 82.1 Å². The van der Waals surface area contributed by atoms with Crippen molar-refractivity contribution >= 4 is 27.6 Å². The zero-order valence-corrected chi connectivity index (χ0v) is 18.1. The SMILES string of the molecule is COc1cc(COC(=O)c2ccc(S(=O)(=O)N3CCCC3)cc2)cc(Cl)c1OC(F)F. The molecule has 0 saturated carbocycles. The highest BCUT2D eigenvalue weighted by molar-refractivity contribution is 7.89. The predicted molar refractivity (Wildman–Crippen MR) is 108 cm³/mol. The first-order valence-electron chi connectivity index (χ1n) is 9.31. The van der Waals surface area contributed by atoms with Gasteiger partial charge in [0, 0.05) is 13.1 Å². The Morgan fingerprint density at radius 3 is 2.39 bits per heavy atom. The number of rotatable bonds is 8. The van der Waals surface area contributed by atoms with Crippen LogP contribution in [0.5, 0.6) is 11.5 Å². The van der Waals surface area contributed by atoms with Crippen molar-refractivity contribution in [2.75, 3.05) is 20.2 Å². The van der Waals surface area contributed by atoms with Gasteiger partial charge in [-0.2, -0.15) is 13.1 Å². The maximum atomic E-state index is 12.5. The van der Waals surface area contributed by atoms with Gasteiger partial charge in [-0.3, -0.25) is 0 Å². The first kappa shape index (κ1) is 23.2. The third-order valence-electron chi connectivity index (χ3n) is 4.66. The van der Waals surface area contributed by atoms with Crippen molar-refractivity contribution in [3.63, 3.8) is 0 Å². The van der Waals surface area contributed by atoms with E-state index in [-0.39, 0.29) is 33.6 Å². The van der Waals surface area contributed by atoms with E-state index in [1.54, 1.807) is 0 Å². The highest BCUT2D eigenvalue weighted by Crippen LogP contribution is 2.37. The van der Waals surface area contributed by atoms with E-state index >= 15 is 0 Å². The number of hydrogen-bond donors (Lipinski definition) is 0. The Labute approximate surface area is 183 Å². The lowest BCUT2D eigenvalue weighted by molar-refractivity contribution is -0.0511. The predicted octanol–water partition coefficient (Wildman–Crippen LogP) is 4.09. The van der Waals surface area contributed by atoms with Crippen LogP contribution in [0.2, 0.25) is 5.02 Å². The normalized spacial score (nSPS) is 14.6. The van der Waals surface area contributed by atoms with Crippen molar-refractivity contribution in [1.82, 2.24) is 4.31 Å². The second-order valence-corrected chi connectivity index (χ2v) is 9.04. The highest BCUT2D eigenvalue weighted by Gasteiger charge is 2.27. The van der Waals surface area contributed by atoms with E-state index in [4.69, 9.17) is 21.1 Å². The Balaban J connectivity index is 1.67. The number of carbonyl (C=O) groups is 1. The summed E-state index contributed by atoms with van der Waals surface area (Å²) in [6.45, 7) is -2.32. The molecule has 0 radical (unpaired) electrons. The van der Waals surface area contributed by atoms with Gasteiger partial charge in [-0.05, 0) is 54.8 Å². The molecule has 0 aliphatic carbocycles. The molecule has 0 spiro atoms. The summed E-state index contributed by atoms with van der Waals surface area (Å²) in [6, 6.07) is 8.15. The zero-order chi connectivity index (χ0) is 22.6. The molecule has 1 aliphatic heterocycles. The lowest BCUT2D eigenvalue weighted by Gasteiger charge is -2.15. The largest absolute Gasteiger partial charge is 0.493 e. The third kappa shape index (κ3) is 5.44. The smallest absolute Gasteiger partial charge is 0.387 e. The molecule has 0 bridgehead atoms. The summed E-state index contributed by atoms with van der Waals surface area (Å²) >= 11 is 5.96. The molecule has 1 saturated heterocycles. The van der Waals surface area contributed by atoms with Crippen LogP contribution in [0.1, 0.15) is 28.8 Å². The van der Waals surface area contributed by atoms with Gasteiger partial charge in [-0.25, -0.2) is 13.2 Å². The van der Waals surface area contributed by atoms with Gasteiger partial charge < -0.3 is 14.2 Å². The summed E-state index contributed by atoms with van der Waals surface area (Å²) in [7, 11) is -2.31. The van der Waals surface area contributed by atoms with Crippen molar-refractivity contribution < 1.29 is 36.2 Å². The fraction of sp³-hybridized carbons (Fsp3) is 0.350. The van der Waals surface area contributed by atoms with Crippen LogP contribution in [0.3, 0.4) is 0 Å². The maximum absolute atomic E-state index is 12.5. The molecule has 31 heavy (non-hydrogen) atoms. The minimum atomic E-state index is -3.57. The average Bonchev–Trinajstić information content (AvgIpc) is 3.29. The van der Waals surface area contributed by atoms with Gasteiger partial charge in [0.2, 0.25) is 10.0 Å². The van der Waals surface area contributed by atoms with Crippen molar-refractivity contribution in [3.8, 4) is 11.5 Å². The van der Waals surface area contributed by atoms with Crippen LogP contribution in [0.4, 0.5) is 8.78 Å². The number of hydrogen-bond acceptors (Lipinski definition) is 6. The van der Waals surface area contributed by atoms with Gasteiger partial charge >= 0.3 is 12.6 Å². The Morgan fingerprint density at radius 2 is 1.81 bits per heavy atom. The fourth-order valence-corrected chi connectivity index (χ4v) is 4.93. The molecule has 0 amide bonds. The summed E-state index contributed by atoms with van der Waals surface area (Å²) in [5, 5.41) is -0.123. The standard InChI is InChI=1S/C20H20ClF2NO6S/c1-28-17-11-13(10-16(21)18(17)30-20(22)23)12-29-19(25)14-4-6-15(7-5-14)31(26,27)24-8-2-3-9-24/h4-7,10-11,20H,2-3,8-9,12H2,1H3. The lowest BCUT2D eigenvalue weighted by atomic mass is 10.2. The van der Waals surface area contributed by atoms with Gasteiger partial charge in [-0.15, -0.1) is 0 Å². The van der Waals surface area contributed by atoms with Gasteiger partial charge in [0.1, 0.15) is 6.61 Å². The number of sulfonamides is 1. The molecule has 0 N–H and O–H groups in total. The second-order valence-electron chi connectivity index (χ2n) is 6.70. The summed E-state index contributed by atoms with van der Waals surface area (Å²) in [6.07, 6.45) is 1.65. The number of esters is 1. The van der Waals surface area contributed by atoms with Crippen LogP contribution in [0.15, 0.2) is 41.3 Å². The molecule has 2 aromatic rings. The number of benzene rings is 2. The number of alkyl halides is 2. The van der Waals surface area contributed by atoms with Crippen LogP contribution >= 0.6 is 11.6 Å². The Hall–Kier alpha value is -2.43. The molecule has 1 fully saturated rings. The molecular weight excluding hydrogens is 456 g/mol. The van der Waals surface area contributed by atoms with Crippen LogP contribution in [-0.4, -0.2) is 45.5 Å². The fourth-order valence-electron chi connectivity index (χ4n) is 3.13. The second kappa shape index (κ2) is 9.80. The molecule has 0 atom stereocenters. The molecule has 3 rings (SSSR count). The number of nitrogens with zero attached hydrogens (tertiary/aromatic N) is 1. The molecule has 0 unspecified atom stereocenters. The first-order chi connectivity index (χ1) is 14.7. The Bertz CT molecular complexity index is 1040. The van der Waals surface area contributed by atoms with Crippen LogP contribution < -0.4 is 9.47 Å². The summed E-state index contributed by atoms with van der Waals surface area (Å²) in [5.74, 6) is -1.03. The number of carbonyl (C=O) groups excluding carboxylic acids is 1. The molecular formula is C20H20ClF2NO6S. The van der Waals surface area contributed by atoms with Gasteiger partial charge in [-0.1, -0.05) is 11.6 Å². The number of ether oxygens (including phenoxy) is 3. The average molecular weight is 476 g/mol. The highest BCUT2D eigenvalue weighted by atomic mass is 35.5. The third-order valence-corrected chi connectivity index (χ3v) is 6.85. The quantitative estimate of drug-likeness (QED) is 0.535. The van der Waals surface area contributed by atoms with Gasteiger partial charge in [0.15, 0.2) is 11.5 Å². The summed E-state index contributed by atoms with van der Waals surface area (Å²) < 4.78 is 66.1. The van der Waals surface area contributed by atoms with Gasteiger partial charge in [0.05, 0.1) is 22.6 Å². The van der Waals surface area contributed by atoms with Crippen molar-refractivity contribution in [1.29, 1.82) is 0 Å². The lowest BCUT2D eigenvalue weighted by Crippen LogP contribution is -2.27. The van der Waals surface area contributed by atoms with E-state index in [0.29, 0.717) is 18.7 Å². The minimum absolute atomic E-state index is 0.0321. The zero-order valence-electron chi connectivity index (χ0n) is 16.5. The van der Waals surface area contributed by atoms with Crippen molar-refractivity contribution in [3.05, 3.63) is 52.5 Å². The Morgan fingerprint density at radius 1 is 1.16 bits per heavy atom. The van der Waals surface area contributed by atoms with E-state index in [0.717, 1.165) is 12.8 Å². The van der Waals surface area contributed by atoms with E-state index in [1.807, 2.05) is 0 Å². The first-order valence-corrected chi connectivity index (χ1v) is 11.1. The maximum Gasteiger partial charge on any atom is 0.387 e. The molecule has 1 aliphatic rings. The Kier molecular flexibility index (Phi) is 7.34. The number of halogens is 3. The molecule has 1 heterocycles. The summed E-state index contributed by atoms with van der Waals surface area (Å²) in [4.78, 5) is 12.4. The molecule has 7 nitrogen and oxygen atoms in total. The minimum Gasteiger partial charge on any atom is -0.493 e. The van der Waals surface area contributed by atoms with Gasteiger partial charge in [0.25, 0.3) is 0 Å². The van der Waals surface area contributed by atoms with Crippen LogP contribution in [0.25, 0.3) is 0 Å². The van der Waals surface area contributed by atoms with Crippen molar-refractivity contribution in [2.24, 2.45) is 0 Å². The molecule has 168 valence electrons. The molecule has 0 aromatic heterocycles. The van der Waals surface area contributed by atoms with E-state index in [2.05, 4.69) is 4.74 Å². The monoisotopic (exact) mass is 475 g/mol. The number of methoxy groups -OCH3 is 1. The van der Waals surface area contributed by atoms with Crippen LogP contribution in [0, 0.1) is 0 Å². The van der Waals surface area contributed by atoms with E-state index < -0.39 is 22.6 Å². The van der Waals surface area contributed by atoms with Crippen LogP contribution in [-0.2, 0) is 21.4 Å². The molecule has 11 heteroatoms. The van der Waals surface area contributed by atoms with E-state index in [1.165, 1.54) is 47.8 Å². The molecule has 2 aromatic carbocycles.